The SMILES string of the molecule is CC(C)C(C)Sc1nc(Cl)nc2sccc12. The van der Waals surface area contributed by atoms with E-state index in [0.717, 1.165) is 15.2 Å². The molecule has 0 bridgehead atoms. The van der Waals surface area contributed by atoms with Gasteiger partial charge < -0.3 is 0 Å². The minimum Gasteiger partial charge on any atom is -0.211 e. The standard InChI is InChI=1S/C11H13ClN2S2/c1-6(2)7(3)16-10-8-4-5-15-9(8)13-11(12)14-10/h4-7H,1-3H3. The van der Waals surface area contributed by atoms with Crippen molar-refractivity contribution in [3.05, 3.63) is 16.7 Å². The normalized spacial score (nSPS) is 13.6. The van der Waals surface area contributed by atoms with E-state index in [-0.39, 0.29) is 0 Å². The first-order valence-electron chi connectivity index (χ1n) is 5.15. The quantitative estimate of drug-likeness (QED) is 0.468. The summed E-state index contributed by atoms with van der Waals surface area (Å²) in [5.74, 6) is 0.618. The summed E-state index contributed by atoms with van der Waals surface area (Å²) in [5, 5.41) is 5.01. The second kappa shape index (κ2) is 4.90. The third-order valence-electron chi connectivity index (χ3n) is 2.50. The Bertz CT molecular complexity index is 496. The van der Waals surface area contributed by atoms with Crippen molar-refractivity contribution in [1.82, 2.24) is 9.97 Å². The van der Waals surface area contributed by atoms with Crippen LogP contribution in [0.4, 0.5) is 0 Å². The summed E-state index contributed by atoms with van der Waals surface area (Å²) in [6, 6.07) is 2.06. The lowest BCUT2D eigenvalue weighted by Crippen LogP contribution is -2.06. The third kappa shape index (κ3) is 2.50. The monoisotopic (exact) mass is 272 g/mol. The number of thioether (sulfide) groups is 1. The topological polar surface area (TPSA) is 25.8 Å². The molecule has 16 heavy (non-hydrogen) atoms. The lowest BCUT2D eigenvalue weighted by molar-refractivity contribution is 0.641. The molecule has 0 spiro atoms. The van der Waals surface area contributed by atoms with Crippen LogP contribution in [0.1, 0.15) is 20.8 Å². The largest absolute Gasteiger partial charge is 0.224 e. The van der Waals surface area contributed by atoms with Gasteiger partial charge in [-0.15, -0.1) is 23.1 Å². The summed E-state index contributed by atoms with van der Waals surface area (Å²) in [6.07, 6.45) is 0. The van der Waals surface area contributed by atoms with E-state index < -0.39 is 0 Å². The smallest absolute Gasteiger partial charge is 0.211 e. The highest BCUT2D eigenvalue weighted by Crippen LogP contribution is 2.33. The molecule has 0 aliphatic carbocycles. The fraction of sp³-hybridized carbons (Fsp3) is 0.455. The summed E-state index contributed by atoms with van der Waals surface area (Å²) in [6.45, 7) is 6.64. The molecule has 2 rings (SSSR count). The van der Waals surface area contributed by atoms with Crippen LogP contribution in [0.2, 0.25) is 5.28 Å². The molecule has 2 aromatic rings. The summed E-state index contributed by atoms with van der Waals surface area (Å²) >= 11 is 9.29. The molecular formula is C11H13ClN2S2. The summed E-state index contributed by atoms with van der Waals surface area (Å²) < 4.78 is 0. The Morgan fingerprint density at radius 2 is 2.06 bits per heavy atom. The first-order valence-corrected chi connectivity index (χ1v) is 7.29. The van der Waals surface area contributed by atoms with E-state index in [4.69, 9.17) is 11.6 Å². The average molecular weight is 273 g/mol. The molecule has 2 heterocycles. The van der Waals surface area contributed by atoms with Crippen LogP contribution in [-0.4, -0.2) is 15.2 Å². The van der Waals surface area contributed by atoms with E-state index >= 15 is 0 Å². The number of fused-ring (bicyclic) bond motifs is 1. The molecule has 0 aliphatic rings. The van der Waals surface area contributed by atoms with Crippen LogP contribution in [-0.2, 0) is 0 Å². The Balaban J connectivity index is 2.39. The van der Waals surface area contributed by atoms with Crippen molar-refractivity contribution in [3.63, 3.8) is 0 Å². The number of hydrogen-bond donors (Lipinski definition) is 0. The van der Waals surface area contributed by atoms with Crippen molar-refractivity contribution >= 4 is 44.9 Å². The maximum atomic E-state index is 5.91. The number of rotatable bonds is 3. The minimum absolute atomic E-state index is 0.341. The molecule has 0 aromatic carbocycles. The van der Waals surface area contributed by atoms with E-state index in [1.165, 1.54) is 0 Å². The fourth-order valence-electron chi connectivity index (χ4n) is 1.21. The summed E-state index contributed by atoms with van der Waals surface area (Å²) in [5.41, 5.74) is 0. The molecular weight excluding hydrogens is 260 g/mol. The van der Waals surface area contributed by atoms with Crippen LogP contribution in [0.15, 0.2) is 16.5 Å². The first-order chi connectivity index (χ1) is 7.58. The molecule has 0 fully saturated rings. The van der Waals surface area contributed by atoms with Gasteiger partial charge in [0.2, 0.25) is 5.28 Å². The molecule has 0 N–H and O–H groups in total. The molecule has 0 aliphatic heterocycles. The van der Waals surface area contributed by atoms with E-state index in [9.17, 15) is 0 Å². The highest BCUT2D eigenvalue weighted by atomic mass is 35.5. The van der Waals surface area contributed by atoms with E-state index in [2.05, 4.69) is 36.8 Å². The van der Waals surface area contributed by atoms with Crippen molar-refractivity contribution in [2.45, 2.75) is 31.0 Å². The Morgan fingerprint density at radius 1 is 1.31 bits per heavy atom. The van der Waals surface area contributed by atoms with Crippen molar-refractivity contribution in [3.8, 4) is 0 Å². The van der Waals surface area contributed by atoms with Gasteiger partial charge in [-0.1, -0.05) is 20.8 Å². The Kier molecular flexibility index (Phi) is 3.72. The van der Waals surface area contributed by atoms with Gasteiger partial charge in [0.15, 0.2) is 0 Å². The zero-order chi connectivity index (χ0) is 11.7. The molecule has 0 saturated heterocycles. The van der Waals surface area contributed by atoms with Gasteiger partial charge in [-0.3, -0.25) is 0 Å². The number of hydrogen-bond acceptors (Lipinski definition) is 4. The van der Waals surface area contributed by atoms with Gasteiger partial charge in [0.1, 0.15) is 9.86 Å². The molecule has 2 aromatic heterocycles. The maximum Gasteiger partial charge on any atom is 0.224 e. The van der Waals surface area contributed by atoms with E-state index in [1.807, 2.05) is 5.38 Å². The van der Waals surface area contributed by atoms with Gasteiger partial charge in [-0.25, -0.2) is 9.97 Å². The van der Waals surface area contributed by atoms with Crippen molar-refractivity contribution in [2.24, 2.45) is 5.92 Å². The minimum atomic E-state index is 0.341. The lowest BCUT2D eigenvalue weighted by Gasteiger charge is -2.14. The molecule has 5 heteroatoms. The zero-order valence-electron chi connectivity index (χ0n) is 9.40. The second-order valence-electron chi connectivity index (χ2n) is 4.00. The molecule has 0 amide bonds. The van der Waals surface area contributed by atoms with Crippen LogP contribution in [0, 0.1) is 5.92 Å². The molecule has 86 valence electrons. The number of nitrogens with zero attached hydrogens (tertiary/aromatic N) is 2. The van der Waals surface area contributed by atoms with Crippen LogP contribution < -0.4 is 0 Å². The van der Waals surface area contributed by atoms with E-state index in [1.54, 1.807) is 23.1 Å². The third-order valence-corrected chi connectivity index (χ3v) is 4.93. The van der Waals surface area contributed by atoms with Gasteiger partial charge in [0.05, 0.1) is 0 Å². The van der Waals surface area contributed by atoms with Gasteiger partial charge >= 0.3 is 0 Å². The van der Waals surface area contributed by atoms with Crippen LogP contribution in [0.5, 0.6) is 0 Å². The Labute approximate surface area is 108 Å². The fourth-order valence-corrected chi connectivity index (χ4v) is 3.36. The van der Waals surface area contributed by atoms with Gasteiger partial charge in [0, 0.05) is 10.6 Å². The second-order valence-corrected chi connectivity index (χ2v) is 6.60. The van der Waals surface area contributed by atoms with Crippen LogP contribution in [0.25, 0.3) is 10.2 Å². The van der Waals surface area contributed by atoms with Gasteiger partial charge in [0.25, 0.3) is 0 Å². The maximum absolute atomic E-state index is 5.91. The number of thiophene rings is 1. The van der Waals surface area contributed by atoms with Gasteiger partial charge in [-0.2, -0.15) is 0 Å². The van der Waals surface area contributed by atoms with Gasteiger partial charge in [-0.05, 0) is 29.0 Å². The lowest BCUT2D eigenvalue weighted by atomic mass is 10.2. The average Bonchev–Trinajstić information content (AvgIpc) is 2.65. The predicted octanol–water partition coefficient (Wildman–Crippen LogP) is 4.48. The summed E-state index contributed by atoms with van der Waals surface area (Å²) in [4.78, 5) is 9.50. The molecule has 1 unspecified atom stereocenters. The Hall–Kier alpha value is -0.320. The van der Waals surface area contributed by atoms with Crippen molar-refractivity contribution in [1.29, 1.82) is 0 Å². The van der Waals surface area contributed by atoms with Crippen molar-refractivity contribution in [2.75, 3.05) is 0 Å². The number of aromatic nitrogens is 2. The molecule has 0 radical (unpaired) electrons. The highest BCUT2D eigenvalue weighted by Gasteiger charge is 2.14. The zero-order valence-corrected chi connectivity index (χ0v) is 11.8. The van der Waals surface area contributed by atoms with Crippen LogP contribution in [0.3, 0.4) is 0 Å². The van der Waals surface area contributed by atoms with Crippen molar-refractivity contribution < 1.29 is 0 Å². The Morgan fingerprint density at radius 3 is 2.75 bits per heavy atom. The predicted molar refractivity (Wildman–Crippen MR) is 72.6 cm³/mol. The molecule has 0 saturated carbocycles. The van der Waals surface area contributed by atoms with E-state index in [0.29, 0.717) is 16.5 Å². The molecule has 1 atom stereocenters. The molecule has 2 nitrogen and oxygen atoms in total. The van der Waals surface area contributed by atoms with Crippen LogP contribution >= 0.6 is 34.7 Å². The highest BCUT2D eigenvalue weighted by molar-refractivity contribution is 8.00. The number of halogens is 1. The summed E-state index contributed by atoms with van der Waals surface area (Å²) in [7, 11) is 0. The first kappa shape index (κ1) is 12.1.